The molecule has 440 valence electrons. The van der Waals surface area contributed by atoms with Crippen LogP contribution in [0.1, 0.15) is 133 Å². The molecule has 0 aliphatic carbocycles. The van der Waals surface area contributed by atoms with Crippen LogP contribution in [0.4, 0.5) is 0 Å². The Morgan fingerprint density at radius 2 is 1.49 bits per heavy atom. The number of likely N-dealkylation sites (N-methyl/N-ethyl adjacent to an activating group) is 2. The maximum atomic E-state index is 15.0. The van der Waals surface area contributed by atoms with Gasteiger partial charge in [-0.1, -0.05) is 73.9 Å². The maximum absolute atomic E-state index is 15.0. The van der Waals surface area contributed by atoms with Crippen molar-refractivity contribution < 1.29 is 72.1 Å². The van der Waals surface area contributed by atoms with Crippen molar-refractivity contribution in [1.82, 2.24) is 35.6 Å². The van der Waals surface area contributed by atoms with E-state index in [-0.39, 0.29) is 57.0 Å². The Bertz CT molecular complexity index is 2380. The molecule has 3 heterocycles. The fourth-order valence-electron chi connectivity index (χ4n) is 10.5. The average molecular weight is 1110 g/mol. The van der Waals surface area contributed by atoms with Gasteiger partial charge in [-0.3, -0.25) is 47.9 Å². The van der Waals surface area contributed by atoms with Crippen LogP contribution >= 0.6 is 0 Å². The first-order valence-corrected chi connectivity index (χ1v) is 27.9. The molecule has 0 aromatic heterocycles. The summed E-state index contributed by atoms with van der Waals surface area (Å²) in [5.41, 5.74) is 0.566. The lowest BCUT2D eigenvalue weighted by molar-refractivity contribution is -0.163. The van der Waals surface area contributed by atoms with Crippen LogP contribution in [0.2, 0.25) is 0 Å². The van der Waals surface area contributed by atoms with E-state index in [0.717, 1.165) is 6.92 Å². The zero-order valence-electron chi connectivity index (χ0n) is 48.7. The van der Waals surface area contributed by atoms with E-state index in [1.807, 2.05) is 27.7 Å². The van der Waals surface area contributed by atoms with Crippen molar-refractivity contribution in [1.29, 1.82) is 0 Å². The highest BCUT2D eigenvalue weighted by Crippen LogP contribution is 2.27. The number of rotatable bonds is 15. The number of aliphatic hydroxyl groups excluding tert-OH is 1. The van der Waals surface area contributed by atoms with Crippen LogP contribution < -0.4 is 20.7 Å². The number of cyclic esters (lactones) is 2. The number of nitrogens with one attached hydrogen (secondary N) is 3. The molecule has 4 rings (SSSR count). The van der Waals surface area contributed by atoms with Crippen molar-refractivity contribution in [2.45, 2.75) is 195 Å². The van der Waals surface area contributed by atoms with Crippen LogP contribution in [0.3, 0.4) is 0 Å². The molecule has 3 aliphatic rings. The number of methoxy groups -OCH3 is 1. The number of hydrogen-bond acceptors (Lipinski definition) is 15. The van der Waals surface area contributed by atoms with Crippen LogP contribution in [0.5, 0.6) is 5.75 Å². The molecule has 22 nitrogen and oxygen atoms in total. The molecule has 3 aliphatic heterocycles. The minimum absolute atomic E-state index is 0.0545. The molecule has 4 N–H and O–H groups in total. The van der Waals surface area contributed by atoms with Gasteiger partial charge in [-0.15, -0.1) is 0 Å². The van der Waals surface area contributed by atoms with Crippen LogP contribution in [0, 0.1) is 29.6 Å². The normalized spacial score (nSPS) is 27.2. The number of esters is 2. The zero-order valence-corrected chi connectivity index (χ0v) is 48.7. The summed E-state index contributed by atoms with van der Waals surface area (Å²) in [6.07, 6.45) is -3.76. The van der Waals surface area contributed by atoms with E-state index in [9.17, 15) is 57.8 Å². The molecule has 1 aromatic rings. The molecule has 7 amide bonds. The van der Waals surface area contributed by atoms with Crippen molar-refractivity contribution in [2.24, 2.45) is 29.6 Å². The smallest absolute Gasteiger partial charge is 0.329 e. The predicted octanol–water partition coefficient (Wildman–Crippen LogP) is 2.52. The molecule has 0 radical (unpaired) electrons. The Labute approximate surface area is 465 Å². The number of carbonyl (C=O) groups is 11. The molecule has 79 heavy (non-hydrogen) atoms. The highest BCUT2D eigenvalue weighted by molar-refractivity contribution is 6.35. The van der Waals surface area contributed by atoms with Gasteiger partial charge in [-0.05, 0) is 93.7 Å². The highest BCUT2D eigenvalue weighted by Gasteiger charge is 2.46. The molecule has 0 spiro atoms. The Kier molecular flexibility index (Phi) is 24.0. The van der Waals surface area contributed by atoms with Crippen LogP contribution in [-0.2, 0) is 68.6 Å². The van der Waals surface area contributed by atoms with Crippen molar-refractivity contribution in [2.75, 3.05) is 34.3 Å². The second-order valence-corrected chi connectivity index (χ2v) is 22.8. The minimum atomic E-state index is -1.78. The quantitative estimate of drug-likeness (QED) is 0.112. The molecule has 3 saturated heterocycles. The van der Waals surface area contributed by atoms with Gasteiger partial charge in [0.2, 0.25) is 41.2 Å². The number of benzene rings is 1. The number of carbonyl (C=O) groups excluding carboxylic acids is 11. The summed E-state index contributed by atoms with van der Waals surface area (Å²) in [7, 11) is 4.26. The molecule has 3 fully saturated rings. The summed E-state index contributed by atoms with van der Waals surface area (Å²) in [6.45, 7) is 18.1. The third-order valence-electron chi connectivity index (χ3n) is 15.4. The minimum Gasteiger partial charge on any atom is -0.497 e. The molecular weight excluding hydrogens is 1020 g/mol. The third-order valence-corrected chi connectivity index (χ3v) is 15.4. The highest BCUT2D eigenvalue weighted by atomic mass is 16.6. The van der Waals surface area contributed by atoms with Crippen molar-refractivity contribution in [3.05, 3.63) is 29.8 Å². The van der Waals surface area contributed by atoms with Crippen LogP contribution in [0.25, 0.3) is 0 Å². The van der Waals surface area contributed by atoms with Gasteiger partial charge >= 0.3 is 11.9 Å². The van der Waals surface area contributed by atoms with E-state index in [2.05, 4.69) is 16.0 Å². The number of amides is 7. The third kappa shape index (κ3) is 16.8. The lowest BCUT2D eigenvalue weighted by Gasteiger charge is -2.36. The number of nitrogens with zero attached hydrogens (tertiary/aromatic N) is 4. The fourth-order valence-corrected chi connectivity index (χ4v) is 10.5. The molecule has 2 unspecified atom stereocenters. The number of likely N-dealkylation sites (tertiary alicyclic amines) is 1. The van der Waals surface area contributed by atoms with E-state index >= 15 is 0 Å². The fraction of sp³-hybridized carbons (Fsp3) is 0.702. The Hall–Kier alpha value is -6.45. The van der Waals surface area contributed by atoms with E-state index in [0.29, 0.717) is 30.6 Å². The maximum Gasteiger partial charge on any atom is 0.329 e. The molecule has 0 saturated carbocycles. The first kappa shape index (κ1) is 65.1. The van der Waals surface area contributed by atoms with E-state index < -0.39 is 150 Å². The van der Waals surface area contributed by atoms with Gasteiger partial charge < -0.3 is 54.9 Å². The van der Waals surface area contributed by atoms with Gasteiger partial charge in [-0.25, -0.2) is 4.79 Å². The zero-order chi connectivity index (χ0) is 59.3. The topological polar surface area (TPSA) is 285 Å². The van der Waals surface area contributed by atoms with E-state index in [1.54, 1.807) is 52.0 Å². The predicted molar refractivity (Wildman–Crippen MR) is 289 cm³/mol. The summed E-state index contributed by atoms with van der Waals surface area (Å²) in [4.78, 5) is 160. The Morgan fingerprint density at radius 3 is 2.06 bits per heavy atom. The number of hydrogen-bond donors (Lipinski definition) is 4. The van der Waals surface area contributed by atoms with Crippen LogP contribution in [-0.4, -0.2) is 184 Å². The molecular formula is C57H87N7O15. The van der Waals surface area contributed by atoms with E-state index in [4.69, 9.17) is 14.2 Å². The second kappa shape index (κ2) is 29.1. The van der Waals surface area contributed by atoms with E-state index in [1.165, 1.54) is 54.7 Å². The largest absolute Gasteiger partial charge is 0.497 e. The van der Waals surface area contributed by atoms with Gasteiger partial charge in [0.15, 0.2) is 11.9 Å². The number of ketones is 2. The van der Waals surface area contributed by atoms with Gasteiger partial charge in [0.25, 0.3) is 5.91 Å². The number of fused-ring (bicyclic) bond motifs is 1. The molecule has 12 atom stereocenters. The molecule has 1 aromatic carbocycles. The number of Topliss-reactive ketones (excluding diaryl/α,β-unsaturated/α-hetero) is 2. The molecule has 0 bridgehead atoms. The summed E-state index contributed by atoms with van der Waals surface area (Å²) in [5, 5.41) is 20.1. The second-order valence-electron chi connectivity index (χ2n) is 22.8. The monoisotopic (exact) mass is 1110 g/mol. The lowest BCUT2D eigenvalue weighted by Crippen LogP contribution is -2.62. The van der Waals surface area contributed by atoms with Crippen molar-refractivity contribution >= 4 is 64.9 Å². The first-order chi connectivity index (χ1) is 37.0. The summed E-state index contributed by atoms with van der Waals surface area (Å²) in [5.74, 6) is -11.3. The van der Waals surface area contributed by atoms with Gasteiger partial charge in [0.05, 0.1) is 31.6 Å². The SMILES string of the molecule is CC[C@H](C)[C@H]1NC(=O)C(NC(=O)[C@@H](CC(C)C)N(C)C(=O)[C@@H]2CCCN2C(=O)C(C)=O)[C@@H](C)OC(=O)[C@H](Cc2ccc(OC)cc2)N(C)C(=O)C2CCCN2C(=O)[C@H](CC(C)C)NC(=O)[C@@H](C)C(=O)[C@H](C(C)C)OC(=O)C[C@H]1O. The standard InChI is InChI=1S/C57H87N7O15/c1-15-33(8)46-44(66)29-45(67)79-49(32(6)7)48(68)34(9)50(69)58-39(26-30(2)3)54(73)64-25-17-19-41(64)56(75)62(13)43(28-37-20-22-38(77-14)23-21-37)57(76)78-36(11)47(52(71)59-46)60-51(70)42(27-31(4)5)61(12)55(74)40-18-16-24-63(40)53(72)35(10)65/h20-23,30-34,36,39-44,46-47,49,66H,15-19,24-29H2,1-14H3,(H,58,69)(H,59,71)(H,60,70)/t33-,34-,36+,39-,40-,41?,42+,43-,44+,46+,47?,49-/m0/s1. The van der Waals surface area contributed by atoms with Gasteiger partial charge in [0, 0.05) is 40.5 Å². The summed E-state index contributed by atoms with van der Waals surface area (Å²) >= 11 is 0. The number of ether oxygens (including phenoxy) is 3. The van der Waals surface area contributed by atoms with Gasteiger partial charge in [0.1, 0.15) is 48.1 Å². The summed E-state index contributed by atoms with van der Waals surface area (Å²) < 4.78 is 17.2. The average Bonchev–Trinajstić information content (AvgIpc) is 4.13. The van der Waals surface area contributed by atoms with Crippen molar-refractivity contribution in [3.63, 3.8) is 0 Å². The molecule has 22 heteroatoms. The lowest BCUT2D eigenvalue weighted by atomic mass is 9.91. The van der Waals surface area contributed by atoms with Crippen molar-refractivity contribution in [3.8, 4) is 5.75 Å². The summed E-state index contributed by atoms with van der Waals surface area (Å²) in [6, 6.07) is -2.32. The van der Waals surface area contributed by atoms with Gasteiger partial charge in [-0.2, -0.15) is 0 Å². The Balaban J connectivity index is 1.89. The van der Waals surface area contributed by atoms with Crippen LogP contribution in [0.15, 0.2) is 24.3 Å². The Morgan fingerprint density at radius 1 is 0.861 bits per heavy atom. The number of aliphatic hydroxyl groups is 1. The first-order valence-electron chi connectivity index (χ1n) is 27.9.